The van der Waals surface area contributed by atoms with E-state index in [1.165, 1.54) is 17.1 Å². The largest absolute Gasteiger partial charge is 0.370 e. The first-order valence-corrected chi connectivity index (χ1v) is 10.9. The third-order valence-corrected chi connectivity index (χ3v) is 6.36. The molecule has 4 heterocycles. The third kappa shape index (κ3) is 4.23. The Balaban J connectivity index is 1.19. The van der Waals surface area contributed by atoms with Crippen LogP contribution in [0.3, 0.4) is 0 Å². The second kappa shape index (κ2) is 9.20. The molecule has 12 heteroatoms. The smallest absolute Gasteiger partial charge is 0.253 e. The fraction of sp³-hybridized carbons (Fsp3) is 0.409. The number of nitriles is 1. The van der Waals surface area contributed by atoms with Crippen molar-refractivity contribution >= 4 is 5.91 Å². The van der Waals surface area contributed by atoms with Crippen LogP contribution in [0, 0.1) is 24.1 Å². The molecular weight excluding hydrogens is 441 g/mol. The summed E-state index contributed by atoms with van der Waals surface area (Å²) >= 11 is 0. The number of hydrogen-bond donors (Lipinski definition) is 0. The zero-order valence-electron chi connectivity index (χ0n) is 18.5. The number of amides is 1. The Bertz CT molecular complexity index is 1230. The summed E-state index contributed by atoms with van der Waals surface area (Å²) in [5.41, 5.74) is 2.23. The van der Waals surface area contributed by atoms with Crippen LogP contribution < -0.4 is 0 Å². The van der Waals surface area contributed by atoms with Crippen molar-refractivity contribution in [1.82, 2.24) is 40.0 Å². The van der Waals surface area contributed by atoms with Gasteiger partial charge >= 0.3 is 0 Å². The third-order valence-electron chi connectivity index (χ3n) is 6.36. The van der Waals surface area contributed by atoms with Crippen molar-refractivity contribution in [2.75, 3.05) is 32.8 Å². The van der Waals surface area contributed by atoms with Gasteiger partial charge in [-0.25, -0.2) is 14.4 Å². The number of nitrogens with zero attached hydrogens (tertiary/aromatic N) is 9. The average molecular weight is 463 g/mol. The molecule has 0 aliphatic carbocycles. The van der Waals surface area contributed by atoms with E-state index in [0.717, 1.165) is 12.1 Å². The summed E-state index contributed by atoms with van der Waals surface area (Å²) < 4.78 is 21.3. The highest BCUT2D eigenvalue weighted by atomic mass is 19.1. The molecule has 1 aromatic carbocycles. The lowest BCUT2D eigenvalue weighted by molar-refractivity contribution is -0.139. The van der Waals surface area contributed by atoms with Gasteiger partial charge in [-0.1, -0.05) is 6.07 Å². The standard InChI is InChI=1S/C22H22FN9O2/c1-14-17(2-3-19(23)18(14)7-24)20-11-30-4-5-31(10-16(30)12-34-20)21(33)6-15-8-25-22(26-9-15)32-13-27-28-29-32/h2-3,8-9,13,16,20H,4-6,10-12H2,1H3/t16-,20+/m1/s1. The molecule has 5 rings (SSSR count). The number of tetrazole rings is 1. The van der Waals surface area contributed by atoms with Gasteiger partial charge in [-0.05, 0) is 40.1 Å². The zero-order chi connectivity index (χ0) is 23.7. The minimum Gasteiger partial charge on any atom is -0.370 e. The normalized spacial score (nSPS) is 20.6. The number of benzene rings is 1. The monoisotopic (exact) mass is 463 g/mol. The quantitative estimate of drug-likeness (QED) is 0.547. The molecule has 174 valence electrons. The molecule has 2 saturated heterocycles. The molecule has 2 atom stereocenters. The van der Waals surface area contributed by atoms with Gasteiger partial charge in [-0.15, -0.1) is 5.10 Å². The van der Waals surface area contributed by atoms with Crippen LogP contribution in [0.25, 0.3) is 5.95 Å². The Morgan fingerprint density at radius 3 is 2.82 bits per heavy atom. The molecule has 2 aliphatic heterocycles. The van der Waals surface area contributed by atoms with Gasteiger partial charge in [0.2, 0.25) is 5.91 Å². The molecule has 0 radical (unpaired) electrons. The summed E-state index contributed by atoms with van der Waals surface area (Å²) in [6.07, 6.45) is 4.58. The lowest BCUT2D eigenvalue weighted by atomic mass is 9.96. The molecule has 0 N–H and O–H groups in total. The number of hydrogen-bond acceptors (Lipinski definition) is 9. The summed E-state index contributed by atoms with van der Waals surface area (Å²) in [4.78, 5) is 25.5. The van der Waals surface area contributed by atoms with Gasteiger partial charge in [0.15, 0.2) is 0 Å². The van der Waals surface area contributed by atoms with Crippen molar-refractivity contribution in [3.05, 3.63) is 58.9 Å². The van der Waals surface area contributed by atoms with Crippen LogP contribution in [0.2, 0.25) is 0 Å². The number of carbonyl (C=O) groups excluding carboxylic acids is 1. The molecule has 2 aromatic heterocycles. The highest BCUT2D eigenvalue weighted by molar-refractivity contribution is 5.78. The number of halogens is 1. The molecule has 34 heavy (non-hydrogen) atoms. The average Bonchev–Trinajstić information content (AvgIpc) is 3.39. The summed E-state index contributed by atoms with van der Waals surface area (Å²) in [6.45, 7) is 4.74. The molecule has 0 saturated carbocycles. The second-order valence-corrected chi connectivity index (χ2v) is 8.38. The van der Waals surface area contributed by atoms with Gasteiger partial charge in [-0.3, -0.25) is 9.69 Å². The number of morpholine rings is 1. The maximum Gasteiger partial charge on any atom is 0.253 e. The first-order valence-electron chi connectivity index (χ1n) is 10.9. The number of rotatable bonds is 4. The first-order chi connectivity index (χ1) is 16.5. The van der Waals surface area contributed by atoms with Crippen LogP contribution >= 0.6 is 0 Å². The van der Waals surface area contributed by atoms with Crippen molar-refractivity contribution in [2.45, 2.75) is 25.5 Å². The highest BCUT2D eigenvalue weighted by Crippen LogP contribution is 2.31. The van der Waals surface area contributed by atoms with E-state index < -0.39 is 5.82 Å². The SMILES string of the molecule is Cc1c([C@@H]2CN3CCN(C(=O)Cc4cnc(-n5cnnn5)nc4)C[C@@H]3CO2)ccc(F)c1C#N. The van der Waals surface area contributed by atoms with Crippen LogP contribution in [-0.2, 0) is 16.0 Å². The lowest BCUT2D eigenvalue weighted by Gasteiger charge is -2.46. The fourth-order valence-electron chi connectivity index (χ4n) is 4.48. The molecular formula is C22H22FN9O2. The maximum atomic E-state index is 13.9. The predicted molar refractivity (Wildman–Crippen MR) is 115 cm³/mol. The molecule has 0 bridgehead atoms. The van der Waals surface area contributed by atoms with E-state index >= 15 is 0 Å². The number of aromatic nitrogens is 6. The van der Waals surface area contributed by atoms with E-state index in [2.05, 4.69) is 30.4 Å². The van der Waals surface area contributed by atoms with Gasteiger partial charge in [-0.2, -0.15) is 9.94 Å². The zero-order valence-corrected chi connectivity index (χ0v) is 18.5. The van der Waals surface area contributed by atoms with Crippen LogP contribution in [0.1, 0.15) is 28.4 Å². The molecule has 0 spiro atoms. The Kier molecular flexibility index (Phi) is 5.95. The van der Waals surface area contributed by atoms with E-state index in [0.29, 0.717) is 43.3 Å². The Labute approximate surface area is 194 Å². The van der Waals surface area contributed by atoms with Gasteiger partial charge < -0.3 is 9.64 Å². The van der Waals surface area contributed by atoms with E-state index in [1.54, 1.807) is 25.4 Å². The van der Waals surface area contributed by atoms with Gasteiger partial charge in [0.25, 0.3) is 5.95 Å². The van der Waals surface area contributed by atoms with Crippen molar-refractivity contribution in [3.8, 4) is 12.0 Å². The van der Waals surface area contributed by atoms with Gasteiger partial charge in [0.1, 0.15) is 18.2 Å². The number of ether oxygens (including phenoxy) is 1. The summed E-state index contributed by atoms with van der Waals surface area (Å²) in [5.74, 6) is -0.171. The number of piperazine rings is 1. The van der Waals surface area contributed by atoms with E-state index in [9.17, 15) is 14.4 Å². The van der Waals surface area contributed by atoms with Crippen LogP contribution in [0.4, 0.5) is 4.39 Å². The van der Waals surface area contributed by atoms with Crippen molar-refractivity contribution < 1.29 is 13.9 Å². The molecule has 3 aromatic rings. The Hall–Kier alpha value is -3.82. The molecule has 1 amide bonds. The van der Waals surface area contributed by atoms with Gasteiger partial charge in [0, 0.05) is 38.6 Å². The molecule has 11 nitrogen and oxygen atoms in total. The van der Waals surface area contributed by atoms with Gasteiger partial charge in [0.05, 0.1) is 30.7 Å². The first kappa shape index (κ1) is 22.0. The maximum absolute atomic E-state index is 13.9. The summed E-state index contributed by atoms with van der Waals surface area (Å²) in [5, 5.41) is 20.1. The van der Waals surface area contributed by atoms with Crippen molar-refractivity contribution in [2.24, 2.45) is 0 Å². The topological polar surface area (TPSA) is 126 Å². The van der Waals surface area contributed by atoms with Crippen LogP contribution in [0.15, 0.2) is 30.9 Å². The number of carbonyl (C=O) groups is 1. The fourth-order valence-corrected chi connectivity index (χ4v) is 4.48. The Morgan fingerprint density at radius 2 is 2.09 bits per heavy atom. The minimum atomic E-state index is -0.514. The van der Waals surface area contributed by atoms with E-state index in [1.807, 2.05) is 11.0 Å². The summed E-state index contributed by atoms with van der Waals surface area (Å²) in [6, 6.07) is 5.05. The molecule has 0 unspecified atom stereocenters. The highest BCUT2D eigenvalue weighted by Gasteiger charge is 2.36. The molecule has 2 aliphatic rings. The summed E-state index contributed by atoms with van der Waals surface area (Å²) in [7, 11) is 0. The van der Waals surface area contributed by atoms with E-state index in [-0.39, 0.29) is 30.0 Å². The number of fused-ring (bicyclic) bond motifs is 1. The lowest BCUT2D eigenvalue weighted by Crippen LogP contribution is -2.59. The van der Waals surface area contributed by atoms with Crippen LogP contribution in [0.5, 0.6) is 0 Å². The second-order valence-electron chi connectivity index (χ2n) is 8.38. The van der Waals surface area contributed by atoms with E-state index in [4.69, 9.17) is 4.74 Å². The minimum absolute atomic E-state index is 0.00795. The Morgan fingerprint density at radius 1 is 1.26 bits per heavy atom. The van der Waals surface area contributed by atoms with Crippen molar-refractivity contribution in [3.63, 3.8) is 0 Å². The van der Waals surface area contributed by atoms with Crippen molar-refractivity contribution in [1.29, 1.82) is 5.26 Å². The predicted octanol–water partition coefficient (Wildman–Crippen LogP) is 0.598. The molecule has 2 fully saturated rings. The van der Waals surface area contributed by atoms with Crippen LogP contribution in [-0.4, -0.2) is 84.7 Å².